The second-order valence-electron chi connectivity index (χ2n) is 3.57. The van der Waals surface area contributed by atoms with E-state index >= 15 is 0 Å². The van der Waals surface area contributed by atoms with E-state index < -0.39 is 0 Å². The molecule has 1 aromatic carbocycles. The van der Waals surface area contributed by atoms with Crippen LogP contribution >= 0.6 is 0 Å². The van der Waals surface area contributed by atoms with Gasteiger partial charge in [0.05, 0.1) is 17.6 Å². The van der Waals surface area contributed by atoms with Gasteiger partial charge in [-0.15, -0.1) is 0 Å². The number of rotatable bonds is 2. The number of nitrogens with zero attached hydrogens (tertiary/aromatic N) is 2. The maximum atomic E-state index is 12.0. The molecule has 0 aliphatic rings. The number of benzene rings is 1. The average Bonchev–Trinajstić information content (AvgIpc) is 2.29. The Morgan fingerprint density at radius 3 is 2.93 bits per heavy atom. The molecular formula is C11H13N3O. The van der Waals surface area contributed by atoms with Gasteiger partial charge in [-0.2, -0.15) is 5.10 Å². The van der Waals surface area contributed by atoms with Crippen LogP contribution in [-0.2, 0) is 0 Å². The van der Waals surface area contributed by atoms with Crippen LogP contribution in [0, 0.1) is 0 Å². The molecule has 1 aromatic heterocycles. The van der Waals surface area contributed by atoms with Crippen LogP contribution in [0.1, 0.15) is 13.0 Å². The molecule has 0 saturated carbocycles. The van der Waals surface area contributed by atoms with E-state index in [2.05, 4.69) is 5.10 Å². The van der Waals surface area contributed by atoms with Crippen LogP contribution in [0.4, 0.5) is 0 Å². The molecule has 1 atom stereocenters. The Balaban J connectivity index is 2.71. The van der Waals surface area contributed by atoms with Gasteiger partial charge in [0.15, 0.2) is 0 Å². The normalized spacial score (nSPS) is 12.9. The summed E-state index contributed by atoms with van der Waals surface area (Å²) in [6, 6.07) is 7.35. The number of aromatic nitrogens is 2. The fraction of sp³-hybridized carbons (Fsp3) is 0.273. The number of fused-ring (bicyclic) bond motifs is 1. The molecule has 0 radical (unpaired) electrons. The molecule has 0 spiro atoms. The van der Waals surface area contributed by atoms with Crippen molar-refractivity contribution in [3.05, 3.63) is 40.8 Å². The summed E-state index contributed by atoms with van der Waals surface area (Å²) >= 11 is 0. The Morgan fingerprint density at radius 1 is 1.47 bits per heavy atom. The predicted molar refractivity (Wildman–Crippen MR) is 59.8 cm³/mol. The van der Waals surface area contributed by atoms with E-state index in [0.717, 1.165) is 5.39 Å². The van der Waals surface area contributed by atoms with Crippen molar-refractivity contribution in [2.45, 2.75) is 13.0 Å². The number of nitrogens with two attached hydrogens (primary N) is 1. The van der Waals surface area contributed by atoms with Crippen LogP contribution in [-0.4, -0.2) is 16.3 Å². The minimum absolute atomic E-state index is 0.0675. The number of hydrogen-bond donors (Lipinski definition) is 1. The van der Waals surface area contributed by atoms with Crippen molar-refractivity contribution in [3.63, 3.8) is 0 Å². The van der Waals surface area contributed by atoms with Crippen molar-refractivity contribution in [1.82, 2.24) is 9.78 Å². The van der Waals surface area contributed by atoms with Crippen molar-refractivity contribution >= 4 is 10.8 Å². The fourth-order valence-corrected chi connectivity index (χ4v) is 1.52. The highest BCUT2D eigenvalue weighted by Gasteiger charge is 2.07. The summed E-state index contributed by atoms with van der Waals surface area (Å²) < 4.78 is 1.43. The maximum absolute atomic E-state index is 12.0. The third-order valence-electron chi connectivity index (χ3n) is 2.48. The lowest BCUT2D eigenvalue weighted by atomic mass is 10.2. The lowest BCUT2D eigenvalue weighted by molar-refractivity contribution is 0.479. The Hall–Kier alpha value is -1.68. The second-order valence-corrected chi connectivity index (χ2v) is 3.57. The van der Waals surface area contributed by atoms with E-state index in [1.54, 1.807) is 12.3 Å². The van der Waals surface area contributed by atoms with Crippen molar-refractivity contribution in [2.75, 3.05) is 6.54 Å². The summed E-state index contributed by atoms with van der Waals surface area (Å²) in [5, 5.41) is 5.65. The zero-order valence-corrected chi connectivity index (χ0v) is 8.55. The van der Waals surface area contributed by atoms with E-state index in [9.17, 15) is 4.79 Å². The third-order valence-corrected chi connectivity index (χ3v) is 2.48. The highest BCUT2D eigenvalue weighted by molar-refractivity contribution is 5.80. The molecule has 0 amide bonds. The molecule has 0 aliphatic heterocycles. The van der Waals surface area contributed by atoms with Gasteiger partial charge < -0.3 is 5.73 Å². The van der Waals surface area contributed by atoms with Crippen LogP contribution in [0.2, 0.25) is 0 Å². The van der Waals surface area contributed by atoms with Gasteiger partial charge in [0.1, 0.15) is 0 Å². The van der Waals surface area contributed by atoms with Crippen LogP contribution < -0.4 is 11.3 Å². The van der Waals surface area contributed by atoms with Crippen LogP contribution in [0.5, 0.6) is 0 Å². The average molecular weight is 203 g/mol. The highest BCUT2D eigenvalue weighted by Crippen LogP contribution is 2.08. The number of hydrogen-bond acceptors (Lipinski definition) is 3. The Kier molecular flexibility index (Phi) is 2.51. The largest absolute Gasteiger partial charge is 0.328 e. The third kappa shape index (κ3) is 1.64. The van der Waals surface area contributed by atoms with E-state index in [1.807, 2.05) is 25.1 Å². The molecular weight excluding hydrogens is 190 g/mol. The van der Waals surface area contributed by atoms with E-state index in [0.29, 0.717) is 11.9 Å². The van der Waals surface area contributed by atoms with Gasteiger partial charge >= 0.3 is 0 Å². The Labute approximate surface area is 87.3 Å². The van der Waals surface area contributed by atoms with Gasteiger partial charge in [-0.3, -0.25) is 4.79 Å². The van der Waals surface area contributed by atoms with Crippen LogP contribution in [0.25, 0.3) is 10.8 Å². The summed E-state index contributed by atoms with van der Waals surface area (Å²) in [4.78, 5) is 12.0. The molecule has 2 rings (SSSR count). The molecule has 1 unspecified atom stereocenters. The van der Waals surface area contributed by atoms with Gasteiger partial charge in [-0.1, -0.05) is 18.2 Å². The highest BCUT2D eigenvalue weighted by atomic mass is 16.1. The molecule has 0 fully saturated rings. The summed E-state index contributed by atoms with van der Waals surface area (Å²) in [6.07, 6.45) is 1.70. The van der Waals surface area contributed by atoms with Crippen LogP contribution in [0.3, 0.4) is 0 Å². The first kappa shape index (κ1) is 9.86. The minimum atomic E-state index is -0.0777. The summed E-state index contributed by atoms with van der Waals surface area (Å²) in [7, 11) is 0. The van der Waals surface area contributed by atoms with E-state index in [1.165, 1.54) is 4.68 Å². The molecule has 1 heterocycles. The molecule has 0 saturated heterocycles. The molecule has 2 N–H and O–H groups in total. The van der Waals surface area contributed by atoms with Gasteiger partial charge in [-0.05, 0) is 13.0 Å². The first-order valence-electron chi connectivity index (χ1n) is 4.90. The summed E-state index contributed by atoms with van der Waals surface area (Å²) in [5.74, 6) is 0. The molecule has 0 bridgehead atoms. The van der Waals surface area contributed by atoms with Crippen LogP contribution in [0.15, 0.2) is 35.3 Å². The fourth-order valence-electron chi connectivity index (χ4n) is 1.52. The topological polar surface area (TPSA) is 60.9 Å². The molecule has 4 nitrogen and oxygen atoms in total. The first-order chi connectivity index (χ1) is 7.24. The van der Waals surface area contributed by atoms with E-state index in [-0.39, 0.29) is 11.6 Å². The molecule has 0 aliphatic carbocycles. The zero-order chi connectivity index (χ0) is 10.8. The minimum Gasteiger partial charge on any atom is -0.328 e. The van der Waals surface area contributed by atoms with Gasteiger partial charge in [-0.25, -0.2) is 4.68 Å². The summed E-state index contributed by atoms with van der Waals surface area (Å²) in [6.45, 7) is 2.29. The quantitative estimate of drug-likeness (QED) is 0.789. The van der Waals surface area contributed by atoms with Gasteiger partial charge in [0.25, 0.3) is 5.56 Å². The molecule has 2 aromatic rings. The summed E-state index contributed by atoms with van der Waals surface area (Å²) in [5.41, 5.74) is 5.44. The maximum Gasteiger partial charge on any atom is 0.274 e. The molecule has 4 heteroatoms. The van der Waals surface area contributed by atoms with Crippen molar-refractivity contribution < 1.29 is 0 Å². The molecule has 15 heavy (non-hydrogen) atoms. The Morgan fingerprint density at radius 2 is 2.20 bits per heavy atom. The first-order valence-corrected chi connectivity index (χ1v) is 4.90. The van der Waals surface area contributed by atoms with Crippen molar-refractivity contribution in [3.8, 4) is 0 Å². The van der Waals surface area contributed by atoms with E-state index in [4.69, 9.17) is 5.73 Å². The van der Waals surface area contributed by atoms with Gasteiger partial charge in [0.2, 0.25) is 0 Å². The molecule has 78 valence electrons. The Bertz CT molecular complexity index is 533. The predicted octanol–water partition coefficient (Wildman–Crippen LogP) is 0.916. The second kappa shape index (κ2) is 3.82. The van der Waals surface area contributed by atoms with Crippen molar-refractivity contribution in [2.24, 2.45) is 5.73 Å². The zero-order valence-electron chi connectivity index (χ0n) is 8.55. The smallest absolute Gasteiger partial charge is 0.274 e. The van der Waals surface area contributed by atoms with Gasteiger partial charge in [0, 0.05) is 11.9 Å². The lowest BCUT2D eigenvalue weighted by Gasteiger charge is -2.11. The standard InChI is InChI=1S/C11H13N3O/c1-8(6-12)14-11(15)10-5-3-2-4-9(10)7-13-14/h2-5,7-8H,6,12H2,1H3. The monoisotopic (exact) mass is 203 g/mol. The van der Waals surface area contributed by atoms with Crippen molar-refractivity contribution in [1.29, 1.82) is 0 Å². The lowest BCUT2D eigenvalue weighted by Crippen LogP contribution is -2.29. The SMILES string of the molecule is CC(CN)n1ncc2ccccc2c1=O.